The molecule has 0 amide bonds. The molecule has 0 fully saturated rings. The highest BCUT2D eigenvalue weighted by Crippen LogP contribution is 2.20. The van der Waals surface area contributed by atoms with Crippen molar-refractivity contribution >= 4 is 33.2 Å². The zero-order valence-electron chi connectivity index (χ0n) is 10.7. The van der Waals surface area contributed by atoms with Crippen LogP contribution in [0.4, 0.5) is 0 Å². The number of halogens is 2. The summed E-state index contributed by atoms with van der Waals surface area (Å²) in [5, 5.41) is 3.99. The summed E-state index contributed by atoms with van der Waals surface area (Å²) >= 11 is 11.7. The first kappa shape index (κ1) is 16.7. The van der Waals surface area contributed by atoms with Crippen LogP contribution < -0.4 is 10.0 Å². The van der Waals surface area contributed by atoms with Gasteiger partial charge in [0.1, 0.15) is 0 Å². The number of nitrogens with one attached hydrogen (secondary N) is 2. The van der Waals surface area contributed by atoms with Gasteiger partial charge in [-0.15, -0.1) is 0 Å². The number of sulfonamides is 1. The van der Waals surface area contributed by atoms with Crippen molar-refractivity contribution in [1.82, 2.24) is 10.0 Å². The van der Waals surface area contributed by atoms with Gasteiger partial charge in [0.05, 0.1) is 5.75 Å². The first-order chi connectivity index (χ1) is 8.93. The SMILES string of the molecule is CCCNCCNS(=O)(=O)Cc1cc(Cl)cc(Cl)c1. The van der Waals surface area contributed by atoms with Crippen LogP contribution in [0.3, 0.4) is 0 Å². The van der Waals surface area contributed by atoms with Gasteiger partial charge in [-0.2, -0.15) is 0 Å². The van der Waals surface area contributed by atoms with Crippen molar-refractivity contribution < 1.29 is 8.42 Å². The Morgan fingerprint density at radius 2 is 1.68 bits per heavy atom. The second kappa shape index (κ2) is 8.07. The summed E-state index contributed by atoms with van der Waals surface area (Å²) in [6, 6.07) is 4.77. The molecule has 108 valence electrons. The first-order valence-corrected chi connectivity index (χ1v) is 8.47. The van der Waals surface area contributed by atoms with E-state index in [4.69, 9.17) is 23.2 Å². The van der Waals surface area contributed by atoms with Crippen molar-refractivity contribution in [3.8, 4) is 0 Å². The summed E-state index contributed by atoms with van der Waals surface area (Å²) in [6.07, 6.45) is 1.02. The highest BCUT2D eigenvalue weighted by molar-refractivity contribution is 7.88. The molecule has 0 atom stereocenters. The Morgan fingerprint density at radius 3 is 2.26 bits per heavy atom. The third kappa shape index (κ3) is 7.13. The molecule has 0 saturated carbocycles. The largest absolute Gasteiger partial charge is 0.315 e. The second-order valence-electron chi connectivity index (χ2n) is 4.18. The fraction of sp³-hybridized carbons (Fsp3) is 0.500. The van der Waals surface area contributed by atoms with Crippen molar-refractivity contribution in [2.45, 2.75) is 19.1 Å². The van der Waals surface area contributed by atoms with E-state index >= 15 is 0 Å². The van der Waals surface area contributed by atoms with E-state index in [1.807, 2.05) is 0 Å². The molecule has 0 spiro atoms. The maximum atomic E-state index is 11.8. The first-order valence-electron chi connectivity index (χ1n) is 6.06. The van der Waals surface area contributed by atoms with E-state index in [0.29, 0.717) is 28.7 Å². The average Bonchev–Trinajstić information content (AvgIpc) is 2.26. The van der Waals surface area contributed by atoms with E-state index in [2.05, 4.69) is 17.0 Å². The zero-order chi connectivity index (χ0) is 14.3. The van der Waals surface area contributed by atoms with Gasteiger partial charge in [-0.25, -0.2) is 13.1 Å². The lowest BCUT2D eigenvalue weighted by Crippen LogP contribution is -2.32. The summed E-state index contributed by atoms with van der Waals surface area (Å²) in [6.45, 7) is 3.92. The molecular formula is C12H18Cl2N2O2S. The molecule has 0 saturated heterocycles. The van der Waals surface area contributed by atoms with Gasteiger partial charge < -0.3 is 5.32 Å². The zero-order valence-corrected chi connectivity index (χ0v) is 13.1. The molecule has 2 N–H and O–H groups in total. The highest BCUT2D eigenvalue weighted by Gasteiger charge is 2.11. The Bertz CT molecular complexity index is 486. The van der Waals surface area contributed by atoms with Gasteiger partial charge in [-0.3, -0.25) is 0 Å². The molecule has 0 aliphatic carbocycles. The smallest absolute Gasteiger partial charge is 0.215 e. The molecule has 4 nitrogen and oxygen atoms in total. The van der Waals surface area contributed by atoms with E-state index in [9.17, 15) is 8.42 Å². The molecule has 0 aliphatic heterocycles. The fourth-order valence-electron chi connectivity index (χ4n) is 1.56. The van der Waals surface area contributed by atoms with Crippen LogP contribution in [0.25, 0.3) is 0 Å². The molecule has 1 aromatic carbocycles. The molecule has 0 radical (unpaired) electrons. The van der Waals surface area contributed by atoms with E-state index < -0.39 is 10.0 Å². The predicted molar refractivity (Wildman–Crippen MR) is 80.2 cm³/mol. The van der Waals surface area contributed by atoms with Crippen molar-refractivity contribution in [1.29, 1.82) is 0 Å². The Hall–Kier alpha value is -0.330. The minimum Gasteiger partial charge on any atom is -0.315 e. The van der Waals surface area contributed by atoms with Gasteiger partial charge in [0.15, 0.2) is 0 Å². The van der Waals surface area contributed by atoms with Crippen LogP contribution in [-0.2, 0) is 15.8 Å². The summed E-state index contributed by atoms with van der Waals surface area (Å²) < 4.78 is 26.2. The van der Waals surface area contributed by atoms with Gasteiger partial charge in [-0.1, -0.05) is 30.1 Å². The van der Waals surface area contributed by atoms with Crippen LogP contribution in [0.5, 0.6) is 0 Å². The number of hydrogen-bond donors (Lipinski definition) is 2. The summed E-state index contributed by atoms with van der Waals surface area (Å²) in [5.74, 6) is -0.124. The van der Waals surface area contributed by atoms with Gasteiger partial charge in [0.2, 0.25) is 10.0 Å². The molecule has 1 aromatic rings. The Balaban J connectivity index is 2.49. The number of rotatable bonds is 8. The molecule has 0 bridgehead atoms. The minimum absolute atomic E-state index is 0.124. The third-order valence-corrected chi connectivity index (χ3v) is 4.12. The van der Waals surface area contributed by atoms with E-state index in [1.54, 1.807) is 18.2 Å². The predicted octanol–water partition coefficient (Wildman–Crippen LogP) is 2.41. The molecule has 19 heavy (non-hydrogen) atoms. The lowest BCUT2D eigenvalue weighted by Gasteiger charge is -2.08. The number of benzene rings is 1. The van der Waals surface area contributed by atoms with Crippen molar-refractivity contribution in [2.24, 2.45) is 0 Å². The van der Waals surface area contributed by atoms with E-state index in [-0.39, 0.29) is 5.75 Å². The van der Waals surface area contributed by atoms with E-state index in [0.717, 1.165) is 13.0 Å². The van der Waals surface area contributed by atoms with Crippen molar-refractivity contribution in [2.75, 3.05) is 19.6 Å². The van der Waals surface area contributed by atoms with Crippen LogP contribution in [-0.4, -0.2) is 28.1 Å². The quantitative estimate of drug-likeness (QED) is 0.722. The third-order valence-electron chi connectivity index (χ3n) is 2.33. The average molecular weight is 325 g/mol. The lowest BCUT2D eigenvalue weighted by atomic mass is 10.2. The molecule has 0 aliphatic rings. The van der Waals surface area contributed by atoms with Crippen LogP contribution >= 0.6 is 23.2 Å². The van der Waals surface area contributed by atoms with Crippen molar-refractivity contribution in [3.05, 3.63) is 33.8 Å². The summed E-state index contributed by atoms with van der Waals surface area (Å²) in [5.41, 5.74) is 0.575. The number of hydrogen-bond acceptors (Lipinski definition) is 3. The lowest BCUT2D eigenvalue weighted by molar-refractivity contribution is 0.574. The minimum atomic E-state index is -3.36. The normalized spacial score (nSPS) is 11.7. The molecular weight excluding hydrogens is 307 g/mol. The maximum absolute atomic E-state index is 11.8. The molecule has 0 unspecified atom stereocenters. The highest BCUT2D eigenvalue weighted by atomic mass is 35.5. The van der Waals surface area contributed by atoms with Crippen LogP contribution in [0, 0.1) is 0 Å². The topological polar surface area (TPSA) is 58.2 Å². The molecule has 1 rings (SSSR count). The van der Waals surface area contributed by atoms with Crippen LogP contribution in [0.2, 0.25) is 10.0 Å². The summed E-state index contributed by atoms with van der Waals surface area (Å²) in [4.78, 5) is 0. The molecule has 0 heterocycles. The van der Waals surface area contributed by atoms with Gasteiger partial charge in [0.25, 0.3) is 0 Å². The van der Waals surface area contributed by atoms with Gasteiger partial charge in [0, 0.05) is 23.1 Å². The van der Waals surface area contributed by atoms with Gasteiger partial charge >= 0.3 is 0 Å². The molecule has 7 heteroatoms. The Morgan fingerprint density at radius 1 is 1.05 bits per heavy atom. The van der Waals surface area contributed by atoms with Crippen LogP contribution in [0.15, 0.2) is 18.2 Å². The monoisotopic (exact) mass is 324 g/mol. The fourth-order valence-corrected chi connectivity index (χ4v) is 3.25. The van der Waals surface area contributed by atoms with Crippen LogP contribution in [0.1, 0.15) is 18.9 Å². The van der Waals surface area contributed by atoms with Crippen molar-refractivity contribution in [3.63, 3.8) is 0 Å². The maximum Gasteiger partial charge on any atom is 0.215 e. The standard InChI is InChI=1S/C12H18Cl2N2O2S/c1-2-3-15-4-5-16-19(17,18)9-10-6-11(13)8-12(14)7-10/h6-8,15-16H,2-5,9H2,1H3. The molecule has 0 aromatic heterocycles. The van der Waals surface area contributed by atoms with E-state index in [1.165, 1.54) is 0 Å². The Kier molecular flexibility index (Phi) is 7.10. The second-order valence-corrected chi connectivity index (χ2v) is 6.86. The summed E-state index contributed by atoms with van der Waals surface area (Å²) in [7, 11) is -3.36. The van der Waals surface area contributed by atoms with Gasteiger partial charge in [-0.05, 0) is 36.7 Å². The Labute approximate surface area is 124 Å².